The third-order valence-corrected chi connectivity index (χ3v) is 6.06. The molecule has 0 atom stereocenters. The maximum absolute atomic E-state index is 14.9. The van der Waals surface area contributed by atoms with Crippen LogP contribution < -0.4 is 10.6 Å². The third-order valence-electron chi connectivity index (χ3n) is 5.32. The van der Waals surface area contributed by atoms with E-state index in [0.29, 0.717) is 39.6 Å². The summed E-state index contributed by atoms with van der Waals surface area (Å²) in [7, 11) is 0. The first kappa shape index (κ1) is 24.0. The lowest BCUT2D eigenvalue weighted by atomic mass is 9.93. The molecule has 2 amide bonds. The highest BCUT2D eigenvalue weighted by atomic mass is 35.5. The molecule has 2 aromatic rings. The van der Waals surface area contributed by atoms with Crippen molar-refractivity contribution >= 4 is 41.0 Å². The van der Waals surface area contributed by atoms with E-state index in [4.69, 9.17) is 27.9 Å². The van der Waals surface area contributed by atoms with Crippen LogP contribution in [-0.2, 0) is 24.5 Å². The molecule has 3 rings (SSSR count). The standard InChI is InChI=1S/C23H23Cl2FN2O4/c1-13(29)27-11-17(12-28-14(2)30)32-22(31)23(7-8-23)16-4-5-18(21(26)10-16)15-3-6-19(24)20(25)9-15/h3-6,9-10,17H,7-8,11-12H2,1-2H3,(H,27,29)(H,28,30). The predicted molar refractivity (Wildman–Crippen MR) is 120 cm³/mol. The molecule has 0 radical (unpaired) electrons. The molecule has 32 heavy (non-hydrogen) atoms. The monoisotopic (exact) mass is 480 g/mol. The number of carbonyl (C=O) groups is 3. The molecule has 9 heteroatoms. The fourth-order valence-corrected chi connectivity index (χ4v) is 3.68. The van der Waals surface area contributed by atoms with Gasteiger partial charge in [0.1, 0.15) is 11.9 Å². The highest BCUT2D eigenvalue weighted by Gasteiger charge is 2.53. The fraction of sp³-hybridized carbons (Fsp3) is 0.348. The summed E-state index contributed by atoms with van der Waals surface area (Å²) < 4.78 is 20.5. The summed E-state index contributed by atoms with van der Waals surface area (Å²) in [5, 5.41) is 5.86. The number of hydrogen-bond donors (Lipinski definition) is 2. The Bertz CT molecular complexity index is 1040. The molecule has 1 saturated carbocycles. The zero-order valence-electron chi connectivity index (χ0n) is 17.6. The van der Waals surface area contributed by atoms with Gasteiger partial charge < -0.3 is 15.4 Å². The molecule has 0 heterocycles. The average Bonchev–Trinajstić information content (AvgIpc) is 3.54. The number of halogens is 3. The second-order valence-electron chi connectivity index (χ2n) is 7.81. The Morgan fingerprint density at radius 3 is 2.12 bits per heavy atom. The number of ether oxygens (including phenoxy) is 1. The van der Waals surface area contributed by atoms with Crippen molar-refractivity contribution in [3.05, 3.63) is 57.8 Å². The Labute approximate surface area is 195 Å². The molecule has 170 valence electrons. The van der Waals surface area contributed by atoms with Gasteiger partial charge in [-0.15, -0.1) is 0 Å². The zero-order chi connectivity index (χ0) is 23.5. The number of carbonyl (C=O) groups excluding carboxylic acids is 3. The van der Waals surface area contributed by atoms with Crippen LogP contribution in [-0.4, -0.2) is 37.0 Å². The summed E-state index contributed by atoms with van der Waals surface area (Å²) in [5.74, 6) is -1.57. The van der Waals surface area contributed by atoms with Crippen molar-refractivity contribution in [3.8, 4) is 11.1 Å². The van der Waals surface area contributed by atoms with Crippen LogP contribution in [0.1, 0.15) is 32.3 Å². The molecule has 1 aliphatic carbocycles. The number of esters is 1. The van der Waals surface area contributed by atoms with Gasteiger partial charge in [-0.25, -0.2) is 4.39 Å². The van der Waals surface area contributed by atoms with Gasteiger partial charge in [0.2, 0.25) is 11.8 Å². The topological polar surface area (TPSA) is 84.5 Å². The van der Waals surface area contributed by atoms with Gasteiger partial charge in [0.05, 0.1) is 28.5 Å². The minimum atomic E-state index is -0.943. The van der Waals surface area contributed by atoms with Gasteiger partial charge in [-0.1, -0.05) is 41.4 Å². The molecular formula is C23H23Cl2FN2O4. The summed E-state index contributed by atoms with van der Waals surface area (Å²) in [6.07, 6.45) is 0.294. The van der Waals surface area contributed by atoms with Crippen molar-refractivity contribution in [1.29, 1.82) is 0 Å². The van der Waals surface area contributed by atoms with E-state index in [0.717, 1.165) is 0 Å². The first-order chi connectivity index (χ1) is 15.1. The van der Waals surface area contributed by atoms with Crippen molar-refractivity contribution < 1.29 is 23.5 Å². The number of rotatable bonds is 8. The molecule has 0 unspecified atom stereocenters. The summed E-state index contributed by atoms with van der Waals surface area (Å²) in [4.78, 5) is 35.4. The van der Waals surface area contributed by atoms with E-state index in [1.165, 1.54) is 19.9 Å². The lowest BCUT2D eigenvalue weighted by Gasteiger charge is -2.22. The van der Waals surface area contributed by atoms with E-state index < -0.39 is 23.3 Å². The van der Waals surface area contributed by atoms with E-state index >= 15 is 0 Å². The molecular weight excluding hydrogens is 458 g/mol. The third kappa shape index (κ3) is 5.58. The van der Waals surface area contributed by atoms with Crippen molar-refractivity contribution in [1.82, 2.24) is 10.6 Å². The average molecular weight is 481 g/mol. The second-order valence-corrected chi connectivity index (χ2v) is 8.62. The van der Waals surface area contributed by atoms with Crippen molar-refractivity contribution in [2.24, 2.45) is 0 Å². The van der Waals surface area contributed by atoms with Crippen LogP contribution in [0.5, 0.6) is 0 Å². The van der Waals surface area contributed by atoms with Gasteiger partial charge in [0.25, 0.3) is 0 Å². The van der Waals surface area contributed by atoms with E-state index in [1.807, 2.05) is 0 Å². The van der Waals surface area contributed by atoms with Gasteiger partial charge in [-0.05, 0) is 42.2 Å². The maximum Gasteiger partial charge on any atom is 0.316 e. The van der Waals surface area contributed by atoms with Crippen molar-refractivity contribution in [2.75, 3.05) is 13.1 Å². The summed E-state index contributed by atoms with van der Waals surface area (Å²) in [6.45, 7) is 2.81. The van der Waals surface area contributed by atoms with Gasteiger partial charge >= 0.3 is 5.97 Å². The molecule has 0 spiro atoms. The minimum absolute atomic E-state index is 0.0576. The van der Waals surface area contributed by atoms with Gasteiger partial charge in [-0.3, -0.25) is 14.4 Å². The number of benzene rings is 2. The van der Waals surface area contributed by atoms with E-state index in [2.05, 4.69) is 10.6 Å². The predicted octanol–water partition coefficient (Wildman–Crippen LogP) is 4.02. The van der Waals surface area contributed by atoms with E-state index in [1.54, 1.807) is 30.3 Å². The molecule has 0 aromatic heterocycles. The van der Waals surface area contributed by atoms with Crippen LogP contribution in [0.25, 0.3) is 11.1 Å². The Balaban J connectivity index is 1.78. The second kappa shape index (κ2) is 9.88. The Morgan fingerprint density at radius 2 is 1.62 bits per heavy atom. The molecule has 0 saturated heterocycles. The van der Waals surface area contributed by atoms with E-state index in [9.17, 15) is 18.8 Å². The largest absolute Gasteiger partial charge is 0.458 e. The van der Waals surface area contributed by atoms with Crippen LogP contribution in [0.15, 0.2) is 36.4 Å². The highest BCUT2D eigenvalue weighted by Crippen LogP contribution is 2.50. The molecule has 0 bridgehead atoms. The quantitative estimate of drug-likeness (QED) is 0.558. The summed E-state index contributed by atoms with van der Waals surface area (Å²) in [6, 6.07) is 9.48. The van der Waals surface area contributed by atoms with Gasteiger partial charge in [-0.2, -0.15) is 0 Å². The molecule has 2 N–H and O–H groups in total. The Morgan fingerprint density at radius 1 is 1.00 bits per heavy atom. The van der Waals surface area contributed by atoms with Gasteiger partial charge in [0.15, 0.2) is 0 Å². The molecule has 6 nitrogen and oxygen atoms in total. The van der Waals surface area contributed by atoms with Crippen LogP contribution in [0.2, 0.25) is 10.0 Å². The molecule has 0 aliphatic heterocycles. The normalized spacial score (nSPS) is 14.1. The van der Waals surface area contributed by atoms with Crippen LogP contribution >= 0.6 is 23.2 Å². The highest BCUT2D eigenvalue weighted by molar-refractivity contribution is 6.42. The lowest BCUT2D eigenvalue weighted by Crippen LogP contribution is -2.43. The molecule has 1 fully saturated rings. The molecule has 2 aromatic carbocycles. The smallest absolute Gasteiger partial charge is 0.316 e. The first-order valence-electron chi connectivity index (χ1n) is 10.1. The lowest BCUT2D eigenvalue weighted by molar-refractivity contribution is -0.152. The van der Waals surface area contributed by atoms with Gasteiger partial charge in [0, 0.05) is 19.4 Å². The zero-order valence-corrected chi connectivity index (χ0v) is 19.1. The van der Waals surface area contributed by atoms with Crippen molar-refractivity contribution in [2.45, 2.75) is 38.2 Å². The van der Waals surface area contributed by atoms with Crippen LogP contribution in [0, 0.1) is 5.82 Å². The first-order valence-corrected chi connectivity index (χ1v) is 10.8. The number of nitrogens with one attached hydrogen (secondary N) is 2. The number of amides is 2. The van der Waals surface area contributed by atoms with Crippen LogP contribution in [0.3, 0.4) is 0 Å². The minimum Gasteiger partial charge on any atom is -0.458 e. The van der Waals surface area contributed by atoms with E-state index in [-0.39, 0.29) is 24.9 Å². The summed E-state index contributed by atoms with van der Waals surface area (Å²) in [5.41, 5.74) is 0.482. The van der Waals surface area contributed by atoms with Crippen molar-refractivity contribution in [3.63, 3.8) is 0 Å². The van der Waals surface area contributed by atoms with Crippen LogP contribution in [0.4, 0.5) is 4.39 Å². The molecule has 1 aliphatic rings. The Hall–Kier alpha value is -2.64. The fourth-order valence-electron chi connectivity index (χ4n) is 3.38. The maximum atomic E-state index is 14.9. The summed E-state index contributed by atoms with van der Waals surface area (Å²) >= 11 is 12.0. The Kier molecular flexibility index (Phi) is 7.41. The number of hydrogen-bond acceptors (Lipinski definition) is 4. The SMILES string of the molecule is CC(=O)NCC(CNC(C)=O)OC(=O)C1(c2ccc(-c3ccc(Cl)c(Cl)c3)c(F)c2)CC1.